The van der Waals surface area contributed by atoms with Gasteiger partial charge in [0.05, 0.1) is 6.04 Å². The Morgan fingerprint density at radius 3 is 2.61 bits per heavy atom. The lowest BCUT2D eigenvalue weighted by atomic mass is 9.93. The van der Waals surface area contributed by atoms with Crippen LogP contribution in [0.1, 0.15) is 40.0 Å². The second-order valence-electron chi connectivity index (χ2n) is 5.67. The Kier molecular flexibility index (Phi) is 5.59. The molecule has 104 valence electrons. The maximum Gasteiger partial charge on any atom is 0.326 e. The zero-order valence-corrected chi connectivity index (χ0v) is 11.4. The lowest BCUT2D eigenvalue weighted by Gasteiger charge is -2.28. The monoisotopic (exact) mass is 256 g/mol. The summed E-state index contributed by atoms with van der Waals surface area (Å²) in [5.74, 6) is -0.393. The summed E-state index contributed by atoms with van der Waals surface area (Å²) in [4.78, 5) is 23.1. The number of aliphatic carboxylic acids is 1. The standard InChI is InChI=1S/C13H24N2O3/c1-8(2)6-11(13(17)18)15-12(16)10-7-9(3)4-5-14-10/h8-11,14H,4-7H2,1-3H3,(H,15,16)(H,17,18). The maximum absolute atomic E-state index is 12.0. The number of piperidine rings is 1. The van der Waals surface area contributed by atoms with Crippen LogP contribution in [0.2, 0.25) is 0 Å². The van der Waals surface area contributed by atoms with E-state index in [1.54, 1.807) is 0 Å². The fourth-order valence-electron chi connectivity index (χ4n) is 2.27. The van der Waals surface area contributed by atoms with Crippen LogP contribution >= 0.6 is 0 Å². The first-order valence-electron chi connectivity index (χ1n) is 6.66. The summed E-state index contributed by atoms with van der Waals surface area (Å²) >= 11 is 0. The number of hydrogen-bond donors (Lipinski definition) is 3. The van der Waals surface area contributed by atoms with Crippen LogP contribution in [-0.2, 0) is 9.59 Å². The van der Waals surface area contributed by atoms with Crippen LogP contribution in [0.3, 0.4) is 0 Å². The smallest absolute Gasteiger partial charge is 0.326 e. The summed E-state index contributed by atoms with van der Waals surface area (Å²) in [5.41, 5.74) is 0. The van der Waals surface area contributed by atoms with E-state index in [1.807, 2.05) is 13.8 Å². The molecule has 0 radical (unpaired) electrons. The molecule has 0 aromatic heterocycles. The average molecular weight is 256 g/mol. The van der Waals surface area contributed by atoms with Crippen LogP contribution in [0.5, 0.6) is 0 Å². The average Bonchev–Trinajstić information content (AvgIpc) is 2.27. The van der Waals surface area contributed by atoms with Crippen molar-refractivity contribution in [2.24, 2.45) is 11.8 Å². The molecule has 1 aliphatic rings. The van der Waals surface area contributed by atoms with Gasteiger partial charge >= 0.3 is 5.97 Å². The van der Waals surface area contributed by atoms with E-state index >= 15 is 0 Å². The fraction of sp³-hybridized carbons (Fsp3) is 0.846. The molecule has 3 atom stereocenters. The SMILES string of the molecule is CC(C)CC(NC(=O)C1CC(C)CCN1)C(=O)O. The highest BCUT2D eigenvalue weighted by Crippen LogP contribution is 2.15. The molecule has 1 fully saturated rings. The molecule has 0 bridgehead atoms. The van der Waals surface area contributed by atoms with Crippen LogP contribution in [0.15, 0.2) is 0 Å². The van der Waals surface area contributed by atoms with Crippen molar-refractivity contribution in [2.45, 2.75) is 52.1 Å². The molecule has 3 N–H and O–H groups in total. The first-order valence-corrected chi connectivity index (χ1v) is 6.66. The summed E-state index contributed by atoms with van der Waals surface area (Å²) in [7, 11) is 0. The van der Waals surface area contributed by atoms with Crippen LogP contribution < -0.4 is 10.6 Å². The first kappa shape index (κ1) is 15.0. The molecule has 1 aliphatic heterocycles. The minimum atomic E-state index is -0.957. The van der Waals surface area contributed by atoms with E-state index in [0.717, 1.165) is 19.4 Å². The van der Waals surface area contributed by atoms with Crippen LogP contribution in [-0.4, -0.2) is 35.6 Å². The number of nitrogens with one attached hydrogen (secondary N) is 2. The third-order valence-electron chi connectivity index (χ3n) is 3.30. The van der Waals surface area contributed by atoms with Gasteiger partial charge < -0.3 is 15.7 Å². The lowest BCUT2D eigenvalue weighted by Crippen LogP contribution is -2.52. The van der Waals surface area contributed by atoms with Crippen molar-refractivity contribution < 1.29 is 14.7 Å². The largest absolute Gasteiger partial charge is 0.480 e. The molecule has 0 spiro atoms. The Labute approximate surface area is 108 Å². The Hall–Kier alpha value is -1.10. The van der Waals surface area contributed by atoms with Crippen molar-refractivity contribution in [3.8, 4) is 0 Å². The van der Waals surface area contributed by atoms with Gasteiger partial charge in [-0.05, 0) is 37.6 Å². The number of amides is 1. The Balaban J connectivity index is 2.52. The van der Waals surface area contributed by atoms with Gasteiger partial charge in [-0.3, -0.25) is 4.79 Å². The summed E-state index contributed by atoms with van der Waals surface area (Å²) in [6, 6.07) is -1.03. The van der Waals surface area contributed by atoms with E-state index in [2.05, 4.69) is 17.6 Å². The quantitative estimate of drug-likeness (QED) is 0.685. The summed E-state index contributed by atoms with van der Waals surface area (Å²) in [6.07, 6.45) is 2.31. The highest BCUT2D eigenvalue weighted by Gasteiger charge is 2.28. The van der Waals surface area contributed by atoms with E-state index in [9.17, 15) is 9.59 Å². The molecule has 1 amide bonds. The number of carbonyl (C=O) groups excluding carboxylic acids is 1. The van der Waals surface area contributed by atoms with Gasteiger partial charge in [-0.1, -0.05) is 20.8 Å². The predicted molar refractivity (Wildman–Crippen MR) is 69.2 cm³/mol. The first-order chi connectivity index (χ1) is 8.40. The Bertz CT molecular complexity index is 305. The highest BCUT2D eigenvalue weighted by atomic mass is 16.4. The van der Waals surface area contributed by atoms with Crippen molar-refractivity contribution in [2.75, 3.05) is 6.54 Å². The number of carbonyl (C=O) groups is 2. The second-order valence-corrected chi connectivity index (χ2v) is 5.67. The molecule has 5 heteroatoms. The lowest BCUT2D eigenvalue weighted by molar-refractivity contribution is -0.142. The topological polar surface area (TPSA) is 78.4 Å². The van der Waals surface area contributed by atoms with E-state index in [1.165, 1.54) is 0 Å². The molecule has 0 aliphatic carbocycles. The van der Waals surface area contributed by atoms with Crippen molar-refractivity contribution in [3.05, 3.63) is 0 Å². The Morgan fingerprint density at radius 1 is 1.44 bits per heavy atom. The molecule has 1 saturated heterocycles. The van der Waals surface area contributed by atoms with E-state index in [4.69, 9.17) is 5.11 Å². The van der Waals surface area contributed by atoms with Gasteiger partial charge in [-0.15, -0.1) is 0 Å². The maximum atomic E-state index is 12.0. The van der Waals surface area contributed by atoms with E-state index in [-0.39, 0.29) is 17.9 Å². The zero-order chi connectivity index (χ0) is 13.7. The third kappa shape index (κ3) is 4.64. The number of carboxylic acids is 1. The van der Waals surface area contributed by atoms with Crippen molar-refractivity contribution >= 4 is 11.9 Å². The number of rotatable bonds is 5. The molecule has 18 heavy (non-hydrogen) atoms. The molecular formula is C13H24N2O3. The Morgan fingerprint density at radius 2 is 2.11 bits per heavy atom. The minimum absolute atomic E-state index is 0.186. The van der Waals surface area contributed by atoms with Gasteiger partial charge in [0.15, 0.2) is 0 Å². The normalized spacial score (nSPS) is 25.8. The van der Waals surface area contributed by atoms with Gasteiger partial charge in [0, 0.05) is 0 Å². The summed E-state index contributed by atoms with van der Waals surface area (Å²) in [6.45, 7) is 6.83. The summed E-state index contributed by atoms with van der Waals surface area (Å²) in [5, 5.41) is 14.9. The second kappa shape index (κ2) is 6.73. The van der Waals surface area contributed by atoms with Gasteiger partial charge in [0.2, 0.25) is 5.91 Å². The van der Waals surface area contributed by atoms with Gasteiger partial charge in [-0.25, -0.2) is 4.79 Å². The van der Waals surface area contributed by atoms with Gasteiger partial charge in [0.25, 0.3) is 0 Å². The molecule has 0 saturated carbocycles. The summed E-state index contributed by atoms with van der Waals surface area (Å²) < 4.78 is 0. The number of carboxylic acid groups (broad SMARTS) is 1. The minimum Gasteiger partial charge on any atom is -0.480 e. The molecule has 0 aromatic rings. The molecule has 5 nitrogen and oxygen atoms in total. The fourth-order valence-corrected chi connectivity index (χ4v) is 2.27. The van der Waals surface area contributed by atoms with Crippen LogP contribution in [0.4, 0.5) is 0 Å². The zero-order valence-electron chi connectivity index (χ0n) is 11.4. The van der Waals surface area contributed by atoms with Gasteiger partial charge in [-0.2, -0.15) is 0 Å². The van der Waals surface area contributed by atoms with Crippen molar-refractivity contribution in [3.63, 3.8) is 0 Å². The predicted octanol–water partition coefficient (Wildman–Crippen LogP) is 0.990. The van der Waals surface area contributed by atoms with Crippen molar-refractivity contribution in [1.82, 2.24) is 10.6 Å². The van der Waals surface area contributed by atoms with E-state index in [0.29, 0.717) is 12.3 Å². The molecule has 1 heterocycles. The third-order valence-corrected chi connectivity index (χ3v) is 3.30. The molecular weight excluding hydrogens is 232 g/mol. The number of hydrogen-bond acceptors (Lipinski definition) is 3. The van der Waals surface area contributed by atoms with Crippen LogP contribution in [0, 0.1) is 11.8 Å². The highest BCUT2D eigenvalue weighted by molar-refractivity contribution is 5.87. The van der Waals surface area contributed by atoms with Crippen LogP contribution in [0.25, 0.3) is 0 Å². The molecule has 1 rings (SSSR count). The molecule has 3 unspecified atom stereocenters. The van der Waals surface area contributed by atoms with Crippen molar-refractivity contribution in [1.29, 1.82) is 0 Å². The molecule has 0 aromatic carbocycles. The van der Waals surface area contributed by atoms with Gasteiger partial charge in [0.1, 0.15) is 6.04 Å². The van der Waals surface area contributed by atoms with E-state index < -0.39 is 12.0 Å².